The molecular formula is C21H24Cl2N4O10. The standard InChI is InChI=1S/C21H22N4O2.2ClHO4/c26-17-7-5-16(6-8-17)18-15-25-20-4-2-1-3-19(20)24(21(25)22-18)10-9-23-11-13-27-14-12-23;2*2-1(3,4)5/h1-8,15,26H,9-14H2;2*(H,2,3,4,5). The number of para-hydroxylation sites is 2. The first-order valence-electron chi connectivity index (χ1n) is 10.6. The monoisotopic (exact) mass is 562 g/mol. The normalized spacial score (nSPS) is 14.7. The van der Waals surface area contributed by atoms with Crippen LogP contribution in [-0.4, -0.2) is 66.1 Å². The molecule has 0 saturated carbocycles. The predicted molar refractivity (Wildman–Crippen MR) is 109 cm³/mol. The predicted octanol–water partition coefficient (Wildman–Crippen LogP) is -5.25. The molecule has 1 aliphatic heterocycles. The van der Waals surface area contributed by atoms with Crippen molar-refractivity contribution in [2.24, 2.45) is 0 Å². The molecule has 2 aromatic heterocycles. The number of imidazole rings is 2. The van der Waals surface area contributed by atoms with Gasteiger partial charge in [-0.15, -0.1) is 0 Å². The van der Waals surface area contributed by atoms with E-state index < -0.39 is 20.5 Å². The first kappa shape index (κ1) is 29.0. The molecule has 0 radical (unpaired) electrons. The second kappa shape index (κ2) is 12.3. The van der Waals surface area contributed by atoms with Gasteiger partial charge in [0.05, 0.1) is 59.7 Å². The zero-order chi connectivity index (χ0) is 27.2. The van der Waals surface area contributed by atoms with Gasteiger partial charge in [-0.05, 0) is 36.4 Å². The van der Waals surface area contributed by atoms with Crippen LogP contribution in [0.15, 0.2) is 54.7 Å². The molecule has 0 unspecified atom stereocenters. The lowest BCUT2D eigenvalue weighted by molar-refractivity contribution is -1.92. The maximum atomic E-state index is 9.54. The minimum absolute atomic E-state index is 0.267. The van der Waals surface area contributed by atoms with E-state index >= 15 is 0 Å². The molecular weight excluding hydrogens is 539 g/mol. The number of phenolic OH excluding ortho intramolecular Hbond substituents is 1. The molecule has 2 aromatic carbocycles. The van der Waals surface area contributed by atoms with Gasteiger partial charge in [-0.2, -0.15) is 28.0 Å². The highest BCUT2D eigenvalue weighted by Gasteiger charge is 2.16. The number of aromatic nitrogens is 3. The van der Waals surface area contributed by atoms with Gasteiger partial charge in [0.2, 0.25) is 5.78 Å². The molecule has 0 spiro atoms. The number of rotatable bonds is 4. The van der Waals surface area contributed by atoms with Crippen LogP contribution >= 0.6 is 0 Å². The summed E-state index contributed by atoms with van der Waals surface area (Å²) in [5.41, 5.74) is 4.27. The van der Waals surface area contributed by atoms with E-state index in [1.54, 1.807) is 12.1 Å². The van der Waals surface area contributed by atoms with E-state index in [1.807, 2.05) is 12.1 Å². The lowest BCUT2D eigenvalue weighted by Gasteiger charge is -2.26. The molecule has 16 heteroatoms. The minimum Gasteiger partial charge on any atom is -0.508 e. The number of hydrogen-bond acceptors (Lipinski definition) is 12. The van der Waals surface area contributed by atoms with Gasteiger partial charge in [0.1, 0.15) is 5.75 Å². The molecule has 202 valence electrons. The van der Waals surface area contributed by atoms with Crippen LogP contribution in [0.25, 0.3) is 28.1 Å². The van der Waals surface area contributed by atoms with Crippen molar-refractivity contribution >= 4 is 16.8 Å². The molecule has 0 atom stereocenters. The summed E-state index contributed by atoms with van der Waals surface area (Å²) in [6.45, 7) is 5.49. The summed E-state index contributed by atoms with van der Waals surface area (Å²) in [7, 11) is -9.39. The number of aromatic hydroxyl groups is 1. The zero-order valence-corrected chi connectivity index (χ0v) is 20.7. The van der Waals surface area contributed by atoms with Crippen molar-refractivity contribution in [1.82, 2.24) is 18.9 Å². The fraction of sp³-hybridized carbons (Fsp3) is 0.286. The Morgan fingerprint density at radius 1 is 0.811 bits per heavy atom. The second-order valence-corrected chi connectivity index (χ2v) is 9.31. The summed E-state index contributed by atoms with van der Waals surface area (Å²) >= 11 is 0. The van der Waals surface area contributed by atoms with Crippen molar-refractivity contribution in [2.75, 3.05) is 32.8 Å². The summed E-state index contributed by atoms with van der Waals surface area (Å²) in [4.78, 5) is 7.36. The van der Waals surface area contributed by atoms with E-state index in [0.717, 1.165) is 61.9 Å². The van der Waals surface area contributed by atoms with Gasteiger partial charge < -0.3 is 14.4 Å². The lowest BCUT2D eigenvalue weighted by atomic mass is 10.2. The summed E-state index contributed by atoms with van der Waals surface area (Å²) < 4.78 is 75.4. The van der Waals surface area contributed by atoms with Gasteiger partial charge in [0.15, 0.2) is 0 Å². The minimum atomic E-state index is -4.69. The number of hydrogen-bond donors (Lipinski definition) is 3. The van der Waals surface area contributed by atoms with Crippen LogP contribution in [0.5, 0.6) is 5.75 Å². The van der Waals surface area contributed by atoms with E-state index in [1.165, 1.54) is 5.52 Å². The average molecular weight is 563 g/mol. The van der Waals surface area contributed by atoms with Gasteiger partial charge in [0.25, 0.3) is 0 Å². The topological polar surface area (TPSA) is 234 Å². The van der Waals surface area contributed by atoms with Gasteiger partial charge in [-0.25, -0.2) is 4.98 Å². The van der Waals surface area contributed by atoms with E-state index in [0.29, 0.717) is 0 Å². The molecule has 1 fully saturated rings. The van der Waals surface area contributed by atoms with Crippen molar-refractivity contribution in [3.8, 4) is 17.0 Å². The third-order valence-electron chi connectivity index (χ3n) is 5.27. The van der Waals surface area contributed by atoms with E-state index in [-0.39, 0.29) is 5.75 Å². The second-order valence-electron chi connectivity index (χ2n) is 7.73. The number of halogens is 2. The molecule has 4 aromatic rings. The van der Waals surface area contributed by atoms with Crippen molar-refractivity contribution in [3.05, 3.63) is 54.7 Å². The Hall–Kier alpha value is -2.57. The van der Waals surface area contributed by atoms with Gasteiger partial charge in [0, 0.05) is 37.9 Å². The summed E-state index contributed by atoms with van der Waals surface area (Å²) in [5.74, 6) is 1.22. The summed E-state index contributed by atoms with van der Waals surface area (Å²) in [5, 5.41) is 9.54. The first-order valence-corrected chi connectivity index (χ1v) is 13.1. The maximum Gasteiger partial charge on any atom is 0.215 e. The van der Waals surface area contributed by atoms with Crippen LogP contribution in [-0.2, 0) is 11.3 Å². The highest BCUT2D eigenvalue weighted by Crippen LogP contribution is 2.26. The molecule has 37 heavy (non-hydrogen) atoms. The number of morpholine rings is 1. The lowest BCUT2D eigenvalue weighted by Crippen LogP contribution is -2.58. The van der Waals surface area contributed by atoms with Crippen LogP contribution in [0.2, 0.25) is 0 Å². The third-order valence-corrected chi connectivity index (χ3v) is 5.27. The number of nitrogens with zero attached hydrogens (tertiary/aromatic N) is 4. The number of benzene rings is 2. The molecule has 0 amide bonds. The largest absolute Gasteiger partial charge is 0.508 e. The Morgan fingerprint density at radius 2 is 1.35 bits per heavy atom. The van der Waals surface area contributed by atoms with Crippen LogP contribution in [0.4, 0.5) is 0 Å². The Balaban J connectivity index is 0.000000327. The molecule has 0 bridgehead atoms. The molecule has 5 rings (SSSR count). The van der Waals surface area contributed by atoms with E-state index in [9.17, 15) is 5.11 Å². The van der Waals surface area contributed by atoms with Crippen molar-refractivity contribution in [2.45, 2.75) is 6.54 Å². The quantitative estimate of drug-likeness (QED) is 0.211. The molecule has 3 N–H and O–H groups in total. The van der Waals surface area contributed by atoms with Gasteiger partial charge in [-0.1, -0.05) is 12.1 Å². The highest BCUT2D eigenvalue weighted by molar-refractivity contribution is 5.82. The van der Waals surface area contributed by atoms with Crippen LogP contribution in [0, 0.1) is 20.5 Å². The van der Waals surface area contributed by atoms with Crippen molar-refractivity contribution in [3.63, 3.8) is 0 Å². The van der Waals surface area contributed by atoms with Crippen LogP contribution < -0.4 is 28.0 Å². The number of fused-ring (bicyclic) bond motifs is 3. The van der Waals surface area contributed by atoms with E-state index in [2.05, 4.69) is 44.3 Å². The van der Waals surface area contributed by atoms with Gasteiger partial charge >= 0.3 is 0 Å². The Morgan fingerprint density at radius 3 is 1.92 bits per heavy atom. The smallest absolute Gasteiger partial charge is 0.215 e. The van der Waals surface area contributed by atoms with Crippen LogP contribution in [0.3, 0.4) is 0 Å². The molecule has 1 aliphatic rings. The Bertz CT molecular complexity index is 1250. The molecule has 3 heterocycles. The number of ether oxygens (including phenoxy) is 1. The number of phenols is 1. The van der Waals surface area contributed by atoms with Crippen molar-refractivity contribution < 1.29 is 67.6 Å². The van der Waals surface area contributed by atoms with Crippen LogP contribution in [0.1, 0.15) is 0 Å². The molecule has 0 aliphatic carbocycles. The Kier molecular flexibility index (Phi) is 9.65. The SMILES string of the molecule is Oc1ccc(-c2cn3c4ccccc4n(CCN4CCOCC4)c3n2)cc1.[O-][Cl+3]([O-])([O-])O.[O-][Cl+3]([O-])([O-])O. The van der Waals surface area contributed by atoms with E-state index in [4.69, 9.17) is 47.0 Å². The first-order chi connectivity index (χ1) is 17.3. The highest BCUT2D eigenvalue weighted by atomic mass is 35.7. The summed E-state index contributed by atoms with van der Waals surface area (Å²) in [6.07, 6.45) is 2.08. The fourth-order valence-corrected chi connectivity index (χ4v) is 3.80. The molecule has 14 nitrogen and oxygen atoms in total. The third kappa shape index (κ3) is 9.35. The maximum absolute atomic E-state index is 9.54. The van der Waals surface area contributed by atoms with Gasteiger partial charge in [-0.3, -0.25) is 9.30 Å². The van der Waals surface area contributed by atoms with Crippen molar-refractivity contribution in [1.29, 1.82) is 0 Å². The fourth-order valence-electron chi connectivity index (χ4n) is 3.80. The molecule has 1 saturated heterocycles. The average Bonchev–Trinajstić information content (AvgIpc) is 3.35. The summed E-state index contributed by atoms with van der Waals surface area (Å²) in [6, 6.07) is 15.6. The zero-order valence-electron chi connectivity index (χ0n) is 19.2. The Labute approximate surface area is 214 Å².